The molecule has 224 valence electrons. The monoisotopic (exact) mass is 598 g/mol. The Balaban J connectivity index is 1.21. The number of nitrogens with zero attached hydrogens (tertiary/aromatic N) is 2. The Morgan fingerprint density at radius 3 is 2.39 bits per heavy atom. The Bertz CT molecular complexity index is 1840. The third kappa shape index (κ3) is 5.14. The molecule has 2 bridgehead atoms. The Hall–Kier alpha value is -5.19. The van der Waals surface area contributed by atoms with Crippen LogP contribution in [0.25, 0.3) is 0 Å². The number of rotatable bonds is 5. The zero-order chi connectivity index (χ0) is 30.4. The minimum Gasteiger partial charge on any atom is -0.486 e. The van der Waals surface area contributed by atoms with Crippen molar-refractivity contribution in [3.8, 4) is 11.5 Å². The van der Waals surface area contributed by atoms with E-state index in [1.54, 1.807) is 42.5 Å². The van der Waals surface area contributed by atoms with E-state index in [0.29, 0.717) is 55.7 Å². The van der Waals surface area contributed by atoms with Gasteiger partial charge >= 0.3 is 0 Å². The van der Waals surface area contributed by atoms with Crippen LogP contribution < -0.4 is 30.6 Å². The molecule has 3 aliphatic rings. The van der Waals surface area contributed by atoms with E-state index in [0.717, 1.165) is 24.2 Å². The number of carbonyl (C=O) groups excluding carboxylic acids is 2. The zero-order valence-electron chi connectivity index (χ0n) is 23.5. The van der Waals surface area contributed by atoms with Gasteiger partial charge in [-0.1, -0.05) is 12.1 Å². The summed E-state index contributed by atoms with van der Waals surface area (Å²) in [7, 11) is 0. The summed E-state index contributed by atoms with van der Waals surface area (Å²) in [5.41, 5.74) is 1.76. The highest BCUT2D eigenvalue weighted by Crippen LogP contribution is 2.40. The molecule has 4 heterocycles. The van der Waals surface area contributed by atoms with Crippen LogP contribution in [0.15, 0.2) is 77.6 Å². The summed E-state index contributed by atoms with van der Waals surface area (Å²) in [6, 6.07) is 18.4. The molecular formula is C33H28F2N4O5. The molecule has 4 aromatic rings. The van der Waals surface area contributed by atoms with Crippen molar-refractivity contribution in [3.63, 3.8) is 0 Å². The first kappa shape index (κ1) is 27.6. The standard InChI is InChI=1S/C33H28F2N4O5/c34-23-3-1-4-24(35)31(23)33(42)37-25-14-20(32(41)36-22-8-10-28-29(15-22)44-12-11-43-28)7-9-27(25)38-16-19-13-21(18-38)26-5-2-6-30(40)39(26)17-19/h1-10,14-15,19,21H,11-13,16-18H2,(H,36,41)(H,37,42). The fourth-order valence-electron chi connectivity index (χ4n) is 6.37. The van der Waals surface area contributed by atoms with Gasteiger partial charge in [0.1, 0.15) is 30.4 Å². The lowest BCUT2D eigenvalue weighted by atomic mass is 9.83. The summed E-state index contributed by atoms with van der Waals surface area (Å²) >= 11 is 0. The highest BCUT2D eigenvalue weighted by atomic mass is 19.1. The topological polar surface area (TPSA) is 102 Å². The number of benzene rings is 3. The molecule has 11 heteroatoms. The van der Waals surface area contributed by atoms with E-state index < -0.39 is 29.0 Å². The number of aromatic nitrogens is 1. The predicted molar refractivity (Wildman–Crippen MR) is 160 cm³/mol. The maximum absolute atomic E-state index is 14.5. The highest BCUT2D eigenvalue weighted by molar-refractivity contribution is 6.09. The number of fused-ring (bicyclic) bond motifs is 5. The first-order chi connectivity index (χ1) is 21.3. The lowest BCUT2D eigenvalue weighted by molar-refractivity contribution is 0.101. The second-order valence-corrected chi connectivity index (χ2v) is 11.2. The number of amides is 2. The summed E-state index contributed by atoms with van der Waals surface area (Å²) in [5.74, 6) is -2.07. The smallest absolute Gasteiger partial charge is 0.261 e. The average Bonchev–Trinajstić information content (AvgIpc) is 3.01. The van der Waals surface area contributed by atoms with Crippen molar-refractivity contribution in [1.82, 2.24) is 4.57 Å². The number of hydrogen-bond acceptors (Lipinski definition) is 6. The van der Waals surface area contributed by atoms with Crippen LogP contribution in [0.4, 0.5) is 25.8 Å². The van der Waals surface area contributed by atoms with Gasteiger partial charge < -0.3 is 29.6 Å². The van der Waals surface area contributed by atoms with Gasteiger partial charge in [-0.25, -0.2) is 8.78 Å². The van der Waals surface area contributed by atoms with Crippen molar-refractivity contribution in [1.29, 1.82) is 0 Å². The number of nitrogens with one attached hydrogen (secondary N) is 2. The lowest BCUT2D eigenvalue weighted by Crippen LogP contribution is -2.47. The van der Waals surface area contributed by atoms with E-state index in [1.807, 2.05) is 10.6 Å². The molecule has 9 nitrogen and oxygen atoms in total. The Morgan fingerprint density at radius 2 is 1.57 bits per heavy atom. The molecule has 2 atom stereocenters. The molecule has 1 aromatic heterocycles. The van der Waals surface area contributed by atoms with Crippen molar-refractivity contribution in [3.05, 3.63) is 112 Å². The fourth-order valence-corrected chi connectivity index (χ4v) is 6.37. The predicted octanol–water partition coefficient (Wildman–Crippen LogP) is 5.03. The SMILES string of the molecule is O=C(Nc1ccc2c(c1)OCCO2)c1ccc(N2CC3CC(C2)c2cccc(=O)n2C3)c(NC(=O)c2c(F)cccc2F)c1. The second-order valence-electron chi connectivity index (χ2n) is 11.2. The van der Waals surface area contributed by atoms with Crippen LogP contribution in [0.2, 0.25) is 0 Å². The van der Waals surface area contributed by atoms with Crippen LogP contribution in [0.1, 0.15) is 38.7 Å². The van der Waals surface area contributed by atoms with E-state index in [9.17, 15) is 23.2 Å². The van der Waals surface area contributed by atoms with Crippen LogP contribution in [-0.4, -0.2) is 42.7 Å². The van der Waals surface area contributed by atoms with Gasteiger partial charge in [-0.3, -0.25) is 14.4 Å². The van der Waals surface area contributed by atoms with Crippen LogP contribution >= 0.6 is 0 Å². The zero-order valence-corrected chi connectivity index (χ0v) is 23.5. The van der Waals surface area contributed by atoms with Gasteiger partial charge in [-0.2, -0.15) is 0 Å². The third-order valence-electron chi connectivity index (χ3n) is 8.32. The maximum Gasteiger partial charge on any atom is 0.261 e. The van der Waals surface area contributed by atoms with Gasteiger partial charge in [0.05, 0.1) is 11.4 Å². The summed E-state index contributed by atoms with van der Waals surface area (Å²) in [5, 5.41) is 5.50. The molecule has 1 saturated heterocycles. The number of halogens is 2. The van der Waals surface area contributed by atoms with Crippen molar-refractivity contribution in [2.75, 3.05) is 41.8 Å². The van der Waals surface area contributed by atoms with E-state index in [2.05, 4.69) is 15.5 Å². The van der Waals surface area contributed by atoms with E-state index in [1.165, 1.54) is 12.1 Å². The summed E-state index contributed by atoms with van der Waals surface area (Å²) in [6.07, 6.45) is 0.915. The van der Waals surface area contributed by atoms with E-state index in [4.69, 9.17) is 9.47 Å². The number of piperidine rings is 1. The van der Waals surface area contributed by atoms with Crippen molar-refractivity contribution in [2.24, 2.45) is 5.92 Å². The molecule has 3 aliphatic heterocycles. The molecule has 2 amide bonds. The molecule has 7 rings (SSSR count). The molecule has 0 saturated carbocycles. The first-order valence-electron chi connectivity index (χ1n) is 14.4. The van der Waals surface area contributed by atoms with E-state index in [-0.39, 0.29) is 28.6 Å². The van der Waals surface area contributed by atoms with Crippen LogP contribution in [-0.2, 0) is 6.54 Å². The van der Waals surface area contributed by atoms with Gasteiger partial charge in [-0.15, -0.1) is 0 Å². The molecule has 2 N–H and O–H groups in total. The van der Waals surface area contributed by atoms with Crippen LogP contribution in [0.5, 0.6) is 11.5 Å². The minimum absolute atomic E-state index is 0.0288. The van der Waals surface area contributed by atoms with Gasteiger partial charge in [0, 0.05) is 54.6 Å². The number of ether oxygens (including phenoxy) is 2. The fraction of sp³-hybridized carbons (Fsp3) is 0.242. The Labute approximate surface area is 251 Å². The molecule has 0 aliphatic carbocycles. The normalized spacial score (nSPS) is 18.3. The number of pyridine rings is 1. The molecule has 44 heavy (non-hydrogen) atoms. The molecule has 0 spiro atoms. The number of hydrogen-bond donors (Lipinski definition) is 2. The molecule has 3 aromatic carbocycles. The Kier molecular flexibility index (Phi) is 7.00. The molecule has 2 unspecified atom stereocenters. The third-order valence-corrected chi connectivity index (χ3v) is 8.32. The molecule has 0 radical (unpaired) electrons. The van der Waals surface area contributed by atoms with E-state index >= 15 is 0 Å². The van der Waals surface area contributed by atoms with Crippen molar-refractivity contribution < 1.29 is 27.8 Å². The summed E-state index contributed by atoms with van der Waals surface area (Å²) in [4.78, 5) is 41.2. The van der Waals surface area contributed by atoms with Crippen molar-refractivity contribution in [2.45, 2.75) is 18.9 Å². The van der Waals surface area contributed by atoms with Crippen molar-refractivity contribution >= 4 is 28.9 Å². The highest BCUT2D eigenvalue weighted by Gasteiger charge is 2.35. The minimum atomic E-state index is -0.994. The van der Waals surface area contributed by atoms with Gasteiger partial charge in [0.15, 0.2) is 11.5 Å². The summed E-state index contributed by atoms with van der Waals surface area (Å²) in [6.45, 7) is 2.56. The maximum atomic E-state index is 14.5. The van der Waals surface area contributed by atoms with Crippen LogP contribution in [0.3, 0.4) is 0 Å². The first-order valence-corrected chi connectivity index (χ1v) is 14.4. The second kappa shape index (κ2) is 11.1. The molecule has 1 fully saturated rings. The average molecular weight is 599 g/mol. The molecular weight excluding hydrogens is 570 g/mol. The number of carbonyl (C=O) groups is 2. The largest absolute Gasteiger partial charge is 0.486 e. The lowest BCUT2D eigenvalue weighted by Gasteiger charge is -2.44. The number of anilines is 3. The Morgan fingerprint density at radius 1 is 0.795 bits per heavy atom. The van der Waals surface area contributed by atoms with Gasteiger partial charge in [-0.05, 0) is 60.9 Å². The van der Waals surface area contributed by atoms with Gasteiger partial charge in [0.25, 0.3) is 17.4 Å². The van der Waals surface area contributed by atoms with Crippen LogP contribution in [0, 0.1) is 17.6 Å². The van der Waals surface area contributed by atoms with Gasteiger partial charge in [0.2, 0.25) is 0 Å². The summed E-state index contributed by atoms with van der Waals surface area (Å²) < 4.78 is 42.0. The quantitative estimate of drug-likeness (QED) is 0.335.